The summed E-state index contributed by atoms with van der Waals surface area (Å²) in [6.07, 6.45) is 3.64. The van der Waals surface area contributed by atoms with E-state index >= 15 is 0 Å². The van der Waals surface area contributed by atoms with Crippen molar-refractivity contribution in [1.29, 1.82) is 0 Å². The van der Waals surface area contributed by atoms with Crippen molar-refractivity contribution in [2.45, 2.75) is 25.7 Å². The molecular weight excluding hydrogens is 362 g/mol. The molecule has 0 unspecified atom stereocenters. The number of rotatable bonds is 4. The van der Waals surface area contributed by atoms with Crippen molar-refractivity contribution < 1.29 is 9.59 Å². The topological polar surface area (TPSA) is 78.4 Å². The number of nitrogens with one attached hydrogen (secondary N) is 1. The van der Waals surface area contributed by atoms with Crippen LogP contribution in [0.3, 0.4) is 0 Å². The number of urea groups is 1. The highest BCUT2D eigenvalue weighted by Crippen LogP contribution is 2.23. The molecule has 1 N–H and O–H groups in total. The molecule has 8 heteroatoms. The molecule has 2 saturated heterocycles. The van der Waals surface area contributed by atoms with Gasteiger partial charge < -0.3 is 9.80 Å². The highest BCUT2D eigenvalue weighted by Gasteiger charge is 2.28. The Hall–Kier alpha value is -2.48. The maximum absolute atomic E-state index is 12.6. The van der Waals surface area contributed by atoms with E-state index in [9.17, 15) is 9.59 Å². The zero-order valence-corrected chi connectivity index (χ0v) is 16.0. The molecule has 0 radical (unpaired) electrons. The van der Waals surface area contributed by atoms with Gasteiger partial charge in [-0.25, -0.2) is 4.79 Å². The molecule has 2 aromatic rings. The normalized spacial score (nSPS) is 20.1. The van der Waals surface area contributed by atoms with Gasteiger partial charge in [0.25, 0.3) is 0 Å². The van der Waals surface area contributed by atoms with E-state index in [4.69, 9.17) is 0 Å². The van der Waals surface area contributed by atoms with E-state index in [2.05, 4.69) is 14.7 Å². The number of carbonyl (C=O) groups is 2. The van der Waals surface area contributed by atoms with Crippen molar-refractivity contribution in [3.05, 3.63) is 30.3 Å². The summed E-state index contributed by atoms with van der Waals surface area (Å²) >= 11 is 1.19. The van der Waals surface area contributed by atoms with E-state index < -0.39 is 0 Å². The summed E-state index contributed by atoms with van der Waals surface area (Å²) in [5, 5.41) is 3.39. The van der Waals surface area contributed by atoms with Crippen molar-refractivity contribution in [2.24, 2.45) is 5.92 Å². The molecule has 3 heterocycles. The third-order valence-electron chi connectivity index (χ3n) is 5.13. The Labute approximate surface area is 162 Å². The minimum absolute atomic E-state index is 0.136. The number of benzene rings is 1. The van der Waals surface area contributed by atoms with Gasteiger partial charge in [0.2, 0.25) is 11.0 Å². The molecular formula is C19H23N5O2S. The highest BCUT2D eigenvalue weighted by atomic mass is 32.1. The van der Waals surface area contributed by atoms with Gasteiger partial charge in [-0.2, -0.15) is 9.36 Å². The Balaban J connectivity index is 1.34. The van der Waals surface area contributed by atoms with Gasteiger partial charge in [-0.05, 0) is 25.2 Å². The Bertz CT molecular complexity index is 809. The Morgan fingerprint density at radius 3 is 2.85 bits per heavy atom. The van der Waals surface area contributed by atoms with Gasteiger partial charge in [-0.15, -0.1) is 0 Å². The standard InChI is InChI=1S/C19H23N5O2S/c25-16-9-5-10-23(16)12-14-6-4-11-24(13-14)19(26)21-18-20-17(22-27-18)15-7-2-1-3-8-15/h1-3,7-8,14H,4-6,9-13H2,(H,20,21,22,26)/t14-/m1/s1. The molecule has 142 valence electrons. The van der Waals surface area contributed by atoms with E-state index in [0.29, 0.717) is 29.8 Å². The lowest BCUT2D eigenvalue weighted by Gasteiger charge is -2.34. The van der Waals surface area contributed by atoms with Crippen molar-refractivity contribution in [2.75, 3.05) is 31.5 Å². The molecule has 1 aromatic carbocycles. The molecule has 1 aromatic heterocycles. The summed E-state index contributed by atoms with van der Waals surface area (Å²) in [6, 6.07) is 9.58. The molecule has 2 aliphatic heterocycles. The molecule has 0 saturated carbocycles. The summed E-state index contributed by atoms with van der Waals surface area (Å²) < 4.78 is 4.33. The Morgan fingerprint density at radius 1 is 1.22 bits per heavy atom. The second-order valence-electron chi connectivity index (χ2n) is 7.12. The minimum atomic E-state index is -0.136. The lowest BCUT2D eigenvalue weighted by molar-refractivity contribution is -0.128. The number of hydrogen-bond donors (Lipinski definition) is 1. The molecule has 0 spiro atoms. The highest BCUT2D eigenvalue weighted by molar-refractivity contribution is 7.10. The van der Waals surface area contributed by atoms with Crippen LogP contribution in [-0.4, -0.2) is 57.3 Å². The summed E-state index contributed by atoms with van der Waals surface area (Å²) in [7, 11) is 0. The second-order valence-corrected chi connectivity index (χ2v) is 7.87. The third kappa shape index (κ3) is 4.27. The van der Waals surface area contributed by atoms with Crippen LogP contribution in [-0.2, 0) is 4.79 Å². The predicted molar refractivity (Wildman–Crippen MR) is 104 cm³/mol. The quantitative estimate of drug-likeness (QED) is 0.877. The van der Waals surface area contributed by atoms with E-state index in [1.165, 1.54) is 11.5 Å². The van der Waals surface area contributed by atoms with Gasteiger partial charge >= 0.3 is 6.03 Å². The molecule has 27 heavy (non-hydrogen) atoms. The molecule has 7 nitrogen and oxygen atoms in total. The average molecular weight is 385 g/mol. The van der Waals surface area contributed by atoms with Crippen LogP contribution in [0.1, 0.15) is 25.7 Å². The van der Waals surface area contributed by atoms with Crippen molar-refractivity contribution in [3.63, 3.8) is 0 Å². The Morgan fingerprint density at radius 2 is 2.07 bits per heavy atom. The monoisotopic (exact) mass is 385 g/mol. The summed E-state index contributed by atoms with van der Waals surface area (Å²) in [5.74, 6) is 1.22. The smallest absolute Gasteiger partial charge is 0.323 e. The van der Waals surface area contributed by atoms with Gasteiger partial charge in [0.15, 0.2) is 5.82 Å². The average Bonchev–Trinajstić information content (AvgIpc) is 3.32. The predicted octanol–water partition coefficient (Wildman–Crippen LogP) is 3.07. The number of hydrogen-bond acceptors (Lipinski definition) is 5. The minimum Gasteiger partial charge on any atom is -0.342 e. The van der Waals surface area contributed by atoms with E-state index in [0.717, 1.165) is 44.5 Å². The molecule has 4 rings (SSSR count). The largest absolute Gasteiger partial charge is 0.342 e. The van der Waals surface area contributed by atoms with Crippen LogP contribution >= 0.6 is 11.5 Å². The fraction of sp³-hybridized carbons (Fsp3) is 0.474. The van der Waals surface area contributed by atoms with Gasteiger partial charge in [-0.1, -0.05) is 30.3 Å². The van der Waals surface area contributed by atoms with Gasteiger partial charge in [0.05, 0.1) is 0 Å². The van der Waals surface area contributed by atoms with Gasteiger partial charge in [0.1, 0.15) is 0 Å². The van der Waals surface area contributed by atoms with E-state index in [1.54, 1.807) is 0 Å². The van der Waals surface area contributed by atoms with Crippen molar-refractivity contribution in [3.8, 4) is 11.4 Å². The molecule has 0 bridgehead atoms. The summed E-state index contributed by atoms with van der Waals surface area (Å²) in [4.78, 5) is 32.7. The van der Waals surface area contributed by atoms with Gasteiger partial charge in [-0.3, -0.25) is 10.1 Å². The van der Waals surface area contributed by atoms with E-state index in [-0.39, 0.29) is 11.9 Å². The first-order valence-corrected chi connectivity index (χ1v) is 10.2. The van der Waals surface area contributed by atoms with Crippen molar-refractivity contribution >= 4 is 28.6 Å². The molecule has 3 amide bonds. The van der Waals surface area contributed by atoms with Crippen LogP contribution in [0.5, 0.6) is 0 Å². The van der Waals surface area contributed by atoms with Crippen LogP contribution in [0.2, 0.25) is 0 Å². The zero-order valence-electron chi connectivity index (χ0n) is 15.1. The lowest BCUT2D eigenvalue weighted by Crippen LogP contribution is -2.45. The summed E-state index contributed by atoms with van der Waals surface area (Å²) in [6.45, 7) is 3.04. The fourth-order valence-corrected chi connectivity index (χ4v) is 4.34. The van der Waals surface area contributed by atoms with Crippen LogP contribution < -0.4 is 5.32 Å². The van der Waals surface area contributed by atoms with Crippen LogP contribution in [0, 0.1) is 5.92 Å². The fourth-order valence-electron chi connectivity index (χ4n) is 3.76. The number of likely N-dealkylation sites (tertiary alicyclic amines) is 2. The Kier molecular flexibility index (Phi) is 5.33. The second kappa shape index (κ2) is 8.04. The first-order chi connectivity index (χ1) is 13.2. The number of amides is 3. The van der Waals surface area contributed by atoms with Gasteiger partial charge in [0, 0.05) is 49.7 Å². The first kappa shape index (κ1) is 17.9. The third-order valence-corrected chi connectivity index (χ3v) is 5.76. The number of anilines is 1. The van der Waals surface area contributed by atoms with E-state index in [1.807, 2.05) is 40.1 Å². The summed E-state index contributed by atoms with van der Waals surface area (Å²) in [5.41, 5.74) is 0.933. The maximum Gasteiger partial charge on any atom is 0.323 e. The van der Waals surface area contributed by atoms with Crippen molar-refractivity contribution in [1.82, 2.24) is 19.2 Å². The first-order valence-electron chi connectivity index (χ1n) is 9.42. The maximum atomic E-state index is 12.6. The zero-order chi connectivity index (χ0) is 18.6. The SMILES string of the molecule is O=C1CCCN1C[C@H]1CCCN(C(=O)Nc2nc(-c3ccccc3)ns2)C1. The van der Waals surface area contributed by atoms with Crippen LogP contribution in [0.25, 0.3) is 11.4 Å². The lowest BCUT2D eigenvalue weighted by atomic mass is 9.98. The van der Waals surface area contributed by atoms with Crippen LogP contribution in [0.15, 0.2) is 30.3 Å². The molecule has 2 fully saturated rings. The molecule has 1 atom stereocenters. The molecule has 0 aliphatic carbocycles. The number of nitrogens with zero attached hydrogens (tertiary/aromatic N) is 4. The molecule has 2 aliphatic rings. The number of aromatic nitrogens is 2. The van der Waals surface area contributed by atoms with Crippen LogP contribution in [0.4, 0.5) is 9.93 Å². The number of carbonyl (C=O) groups excluding carboxylic acids is 2. The number of piperidine rings is 1.